The van der Waals surface area contributed by atoms with Gasteiger partial charge in [0.25, 0.3) is 0 Å². The van der Waals surface area contributed by atoms with Crippen LogP contribution < -0.4 is 16.0 Å². The summed E-state index contributed by atoms with van der Waals surface area (Å²) in [5.74, 6) is -2.00. The van der Waals surface area contributed by atoms with Crippen LogP contribution in [0.15, 0.2) is 60.8 Å². The number of amides is 1. The second-order valence-corrected chi connectivity index (χ2v) is 8.38. The third kappa shape index (κ3) is 8.56. The number of aromatic nitrogens is 2. The summed E-state index contributed by atoms with van der Waals surface area (Å²) in [6.45, 7) is 13.5. The van der Waals surface area contributed by atoms with E-state index in [9.17, 15) is 23.7 Å². The number of benzene rings is 1. The Kier molecular flexibility index (Phi) is 9.63. The topological polar surface area (TPSA) is 141 Å². The number of halogens is 2. The van der Waals surface area contributed by atoms with Crippen LogP contribution in [0.25, 0.3) is 0 Å². The number of nitrogens with one attached hydrogen (secondary N) is 3. The van der Waals surface area contributed by atoms with Gasteiger partial charge >= 0.3 is 11.8 Å². The molecular weight excluding hydrogens is 490 g/mol. The van der Waals surface area contributed by atoms with Crippen LogP contribution in [0, 0.1) is 15.9 Å². The highest BCUT2D eigenvalue weighted by Gasteiger charge is 2.21. The van der Waals surface area contributed by atoms with Gasteiger partial charge in [0.15, 0.2) is 11.6 Å². The number of hydrogen-bond acceptors (Lipinski definition) is 9. The van der Waals surface area contributed by atoms with Crippen LogP contribution in [0.1, 0.15) is 27.7 Å². The van der Waals surface area contributed by atoms with E-state index in [1.54, 1.807) is 27.7 Å². The van der Waals surface area contributed by atoms with Crippen LogP contribution >= 0.6 is 0 Å². The molecular formula is C24H28F2N6O5. The molecule has 0 bridgehead atoms. The van der Waals surface area contributed by atoms with Gasteiger partial charge in [-0.2, -0.15) is 4.98 Å². The Labute approximate surface area is 212 Å². The predicted molar refractivity (Wildman–Crippen MR) is 136 cm³/mol. The fraction of sp³-hybridized carbons (Fsp3) is 0.292. The molecule has 0 unspecified atom stereocenters. The van der Waals surface area contributed by atoms with Crippen molar-refractivity contribution in [2.24, 2.45) is 0 Å². The number of ether oxygens (including phenoxy) is 2. The monoisotopic (exact) mass is 518 g/mol. The first kappa shape index (κ1) is 28.7. The molecule has 1 amide bonds. The molecule has 13 heteroatoms. The van der Waals surface area contributed by atoms with Crippen molar-refractivity contribution in [3.05, 3.63) is 76.7 Å². The molecule has 2 rings (SSSR count). The summed E-state index contributed by atoms with van der Waals surface area (Å²) in [6.07, 6.45) is 1.47. The lowest BCUT2D eigenvalue weighted by Gasteiger charge is -2.20. The zero-order valence-corrected chi connectivity index (χ0v) is 20.9. The number of carbonyl (C=O) groups is 1. The normalized spacial score (nSPS) is 11.6. The molecule has 0 spiro atoms. The summed E-state index contributed by atoms with van der Waals surface area (Å²) in [7, 11) is 0. The first-order chi connectivity index (χ1) is 17.3. The number of allylic oxidation sites excluding steroid dienone is 1. The molecule has 1 aromatic heterocycles. The van der Waals surface area contributed by atoms with Gasteiger partial charge < -0.3 is 20.1 Å². The van der Waals surface area contributed by atoms with Gasteiger partial charge in [0.1, 0.15) is 17.6 Å². The lowest BCUT2D eigenvalue weighted by Crippen LogP contribution is -2.27. The van der Waals surface area contributed by atoms with Gasteiger partial charge in [-0.3, -0.25) is 15.4 Å². The Bertz CT molecular complexity index is 1230. The first-order valence-corrected chi connectivity index (χ1v) is 11.0. The maximum Gasteiger partial charge on any atom is 0.412 e. The van der Waals surface area contributed by atoms with Crippen LogP contribution in [0.5, 0.6) is 0 Å². The Morgan fingerprint density at radius 3 is 2.57 bits per heavy atom. The van der Waals surface area contributed by atoms with Crippen molar-refractivity contribution in [1.82, 2.24) is 9.97 Å². The van der Waals surface area contributed by atoms with Crippen LogP contribution in [0.3, 0.4) is 0 Å². The highest BCUT2D eigenvalue weighted by Crippen LogP contribution is 2.29. The fourth-order valence-corrected chi connectivity index (χ4v) is 2.88. The second kappa shape index (κ2) is 12.4. The summed E-state index contributed by atoms with van der Waals surface area (Å²) in [4.78, 5) is 31.0. The molecule has 2 aromatic rings. The van der Waals surface area contributed by atoms with Crippen LogP contribution in [0.2, 0.25) is 0 Å². The number of nitro groups is 1. The lowest BCUT2D eigenvalue weighted by molar-refractivity contribution is -0.384. The zero-order valence-electron chi connectivity index (χ0n) is 20.9. The molecule has 1 heterocycles. The van der Waals surface area contributed by atoms with Crippen LogP contribution in [0.4, 0.5) is 42.4 Å². The summed E-state index contributed by atoms with van der Waals surface area (Å²) < 4.78 is 38.2. The third-order valence-corrected chi connectivity index (χ3v) is 4.35. The average molecular weight is 519 g/mol. The molecule has 0 aliphatic heterocycles. The first-order valence-electron chi connectivity index (χ1n) is 11.0. The van der Waals surface area contributed by atoms with Crippen molar-refractivity contribution in [1.29, 1.82) is 0 Å². The van der Waals surface area contributed by atoms with E-state index in [-0.39, 0.29) is 47.6 Å². The molecule has 37 heavy (non-hydrogen) atoms. The summed E-state index contributed by atoms with van der Waals surface area (Å²) in [5.41, 5.74) is -0.797. The molecule has 11 nitrogen and oxygen atoms in total. The Morgan fingerprint density at radius 2 is 2.00 bits per heavy atom. The largest absolute Gasteiger partial charge is 0.490 e. The van der Waals surface area contributed by atoms with E-state index in [0.29, 0.717) is 0 Å². The molecule has 198 valence electrons. The van der Waals surface area contributed by atoms with E-state index in [2.05, 4.69) is 39.1 Å². The standard InChI is InChI=1S/C24H28F2N6O5/c1-7-15(20(14(3)25)36-8-2)12-27-21-19(32(34)35)13-28-22(31-21)29-18-11-16(26)9-10-17(18)30-23(33)37-24(4,5)6/h7,9-11,13H,1,3,8,12H2,2,4-6H3,(H,30,33)(H2,27,28,29,31)/b20-15-. The minimum absolute atomic E-state index is 0.0599. The van der Waals surface area contributed by atoms with Crippen LogP contribution in [-0.2, 0) is 9.47 Å². The van der Waals surface area contributed by atoms with E-state index < -0.39 is 33.9 Å². The Morgan fingerprint density at radius 1 is 1.30 bits per heavy atom. The number of nitrogens with zero attached hydrogens (tertiary/aromatic N) is 3. The molecule has 0 radical (unpaired) electrons. The quantitative estimate of drug-likeness (QED) is 0.142. The maximum atomic E-state index is 14.0. The number of anilines is 4. The van der Waals surface area contributed by atoms with Gasteiger partial charge in [-0.05, 0) is 45.9 Å². The van der Waals surface area contributed by atoms with Gasteiger partial charge in [-0.1, -0.05) is 19.2 Å². The molecule has 0 fully saturated rings. The molecule has 0 saturated carbocycles. The summed E-state index contributed by atoms with van der Waals surface area (Å²) in [6, 6.07) is 3.50. The SMILES string of the molecule is C=C/C(CNc1nc(Nc2cc(F)ccc2NC(=O)OC(C)(C)C)ncc1[N+](=O)[O-])=C(/OCC)C(=C)F. The Balaban J connectivity index is 2.38. The lowest BCUT2D eigenvalue weighted by atomic mass is 10.2. The second-order valence-electron chi connectivity index (χ2n) is 8.38. The zero-order chi connectivity index (χ0) is 27.8. The van der Waals surface area contributed by atoms with E-state index in [4.69, 9.17) is 9.47 Å². The smallest absolute Gasteiger partial charge is 0.412 e. The molecule has 3 N–H and O–H groups in total. The molecule has 0 saturated heterocycles. The van der Waals surface area contributed by atoms with Crippen molar-refractivity contribution in [3.63, 3.8) is 0 Å². The fourth-order valence-electron chi connectivity index (χ4n) is 2.88. The third-order valence-electron chi connectivity index (χ3n) is 4.35. The molecule has 0 atom stereocenters. The number of rotatable bonds is 11. The van der Waals surface area contributed by atoms with E-state index in [0.717, 1.165) is 18.3 Å². The number of carbonyl (C=O) groups excluding carboxylic acids is 1. The highest BCUT2D eigenvalue weighted by molar-refractivity contribution is 5.90. The molecule has 1 aromatic carbocycles. The maximum absolute atomic E-state index is 14.0. The van der Waals surface area contributed by atoms with Crippen molar-refractivity contribution in [2.45, 2.75) is 33.3 Å². The van der Waals surface area contributed by atoms with Crippen LogP contribution in [-0.4, -0.2) is 39.7 Å². The van der Waals surface area contributed by atoms with Crippen molar-refractivity contribution >= 4 is 34.9 Å². The number of hydrogen-bond donors (Lipinski definition) is 3. The summed E-state index contributed by atoms with van der Waals surface area (Å²) in [5, 5.41) is 19.5. The van der Waals surface area contributed by atoms with Crippen molar-refractivity contribution < 1.29 is 28.0 Å². The van der Waals surface area contributed by atoms with Gasteiger partial charge in [0, 0.05) is 12.1 Å². The van der Waals surface area contributed by atoms with E-state index in [1.807, 2.05) is 0 Å². The van der Waals surface area contributed by atoms with Crippen molar-refractivity contribution in [2.75, 3.05) is 29.1 Å². The van der Waals surface area contributed by atoms with Gasteiger partial charge in [-0.15, -0.1) is 0 Å². The van der Waals surface area contributed by atoms with E-state index >= 15 is 0 Å². The van der Waals surface area contributed by atoms with Crippen molar-refractivity contribution in [3.8, 4) is 0 Å². The summed E-state index contributed by atoms with van der Waals surface area (Å²) >= 11 is 0. The highest BCUT2D eigenvalue weighted by atomic mass is 19.1. The van der Waals surface area contributed by atoms with Gasteiger partial charge in [0.05, 0.1) is 22.9 Å². The minimum atomic E-state index is -0.839. The van der Waals surface area contributed by atoms with Gasteiger partial charge in [-0.25, -0.2) is 18.6 Å². The molecule has 0 aliphatic carbocycles. The average Bonchev–Trinajstić information content (AvgIpc) is 2.79. The predicted octanol–water partition coefficient (Wildman–Crippen LogP) is 5.99. The Hall–Kier alpha value is -4.55. The minimum Gasteiger partial charge on any atom is -0.490 e. The van der Waals surface area contributed by atoms with E-state index in [1.165, 1.54) is 12.1 Å². The van der Waals surface area contributed by atoms with Gasteiger partial charge in [0.2, 0.25) is 11.8 Å². The molecule has 0 aliphatic rings.